The van der Waals surface area contributed by atoms with Crippen molar-refractivity contribution in [3.05, 3.63) is 51.3 Å². The number of nitrogens with one attached hydrogen (secondary N) is 2. The van der Waals surface area contributed by atoms with Crippen LogP contribution in [0.3, 0.4) is 0 Å². The third-order valence-electron chi connectivity index (χ3n) is 3.36. The van der Waals surface area contributed by atoms with Gasteiger partial charge in [0.2, 0.25) is 0 Å². The highest BCUT2D eigenvalue weighted by Gasteiger charge is 2.28. The van der Waals surface area contributed by atoms with E-state index in [-0.39, 0.29) is 10.6 Å². The summed E-state index contributed by atoms with van der Waals surface area (Å²) in [6, 6.07) is 3.81. The third-order valence-corrected chi connectivity index (χ3v) is 3.69. The molecule has 0 aliphatic heterocycles. The molecule has 0 fully saturated rings. The molecule has 0 saturated heterocycles. The zero-order valence-corrected chi connectivity index (χ0v) is 13.2. The average Bonchev–Trinajstić information content (AvgIpc) is 2.78. The molecule has 6 nitrogen and oxygen atoms in total. The quantitative estimate of drug-likeness (QED) is 0.806. The van der Waals surface area contributed by atoms with Gasteiger partial charge in [-0.05, 0) is 32.9 Å². The fourth-order valence-corrected chi connectivity index (χ4v) is 2.47. The summed E-state index contributed by atoms with van der Waals surface area (Å²) in [5.41, 5.74) is 2.68. The SMILES string of the molecule is Cc1ccc(Cl)c(C(=O)N[C@@H](C(=O)O)c2c(C)n[nH]c2C)c1. The van der Waals surface area contributed by atoms with Crippen LogP contribution in [-0.4, -0.2) is 27.2 Å². The second-order valence-corrected chi connectivity index (χ2v) is 5.48. The van der Waals surface area contributed by atoms with Crippen LogP contribution in [0.4, 0.5) is 0 Å². The van der Waals surface area contributed by atoms with Crippen molar-refractivity contribution in [3.8, 4) is 0 Å². The van der Waals surface area contributed by atoms with E-state index in [2.05, 4.69) is 15.5 Å². The van der Waals surface area contributed by atoms with Crippen LogP contribution in [-0.2, 0) is 4.79 Å². The maximum absolute atomic E-state index is 12.4. The minimum Gasteiger partial charge on any atom is -0.479 e. The van der Waals surface area contributed by atoms with Crippen molar-refractivity contribution in [1.82, 2.24) is 15.5 Å². The number of hydrogen-bond acceptors (Lipinski definition) is 3. The highest BCUT2D eigenvalue weighted by atomic mass is 35.5. The molecule has 2 rings (SSSR count). The Bertz CT molecular complexity index is 720. The van der Waals surface area contributed by atoms with Crippen LogP contribution in [0.15, 0.2) is 18.2 Å². The number of carbonyl (C=O) groups excluding carboxylic acids is 1. The number of amides is 1. The fourth-order valence-electron chi connectivity index (χ4n) is 2.26. The lowest BCUT2D eigenvalue weighted by Gasteiger charge is -2.16. The zero-order chi connectivity index (χ0) is 16.4. The number of H-pyrrole nitrogens is 1. The van der Waals surface area contributed by atoms with Crippen molar-refractivity contribution in [2.45, 2.75) is 26.8 Å². The van der Waals surface area contributed by atoms with Gasteiger partial charge in [-0.25, -0.2) is 4.79 Å². The Balaban J connectivity index is 2.35. The first-order chi connectivity index (χ1) is 10.3. The number of aromatic amines is 1. The second kappa shape index (κ2) is 6.19. The Kier molecular flexibility index (Phi) is 4.51. The van der Waals surface area contributed by atoms with Gasteiger partial charge in [-0.1, -0.05) is 23.2 Å². The number of hydrogen-bond donors (Lipinski definition) is 3. The molecule has 1 amide bonds. The lowest BCUT2D eigenvalue weighted by Crippen LogP contribution is -2.34. The smallest absolute Gasteiger partial charge is 0.331 e. The molecular formula is C15H16ClN3O3. The zero-order valence-electron chi connectivity index (χ0n) is 12.4. The summed E-state index contributed by atoms with van der Waals surface area (Å²) in [6.45, 7) is 5.21. The average molecular weight is 322 g/mol. The molecule has 0 unspecified atom stereocenters. The van der Waals surface area contributed by atoms with E-state index in [0.29, 0.717) is 17.0 Å². The first-order valence-corrected chi connectivity index (χ1v) is 7.00. The van der Waals surface area contributed by atoms with Crippen LogP contribution in [0.1, 0.15) is 38.9 Å². The summed E-state index contributed by atoms with van der Waals surface area (Å²) in [4.78, 5) is 23.9. The maximum atomic E-state index is 12.4. The molecule has 0 radical (unpaired) electrons. The van der Waals surface area contributed by atoms with Crippen LogP contribution < -0.4 is 5.32 Å². The molecule has 0 bridgehead atoms. The summed E-state index contributed by atoms with van der Waals surface area (Å²) in [5.74, 6) is -1.70. The van der Waals surface area contributed by atoms with Gasteiger partial charge in [0.1, 0.15) is 0 Å². The van der Waals surface area contributed by atoms with Crippen molar-refractivity contribution in [3.63, 3.8) is 0 Å². The molecule has 1 atom stereocenters. The Hall–Kier alpha value is -2.34. The number of aliphatic carboxylic acids is 1. The van der Waals surface area contributed by atoms with Crippen LogP contribution in [0, 0.1) is 20.8 Å². The Morgan fingerprint density at radius 1 is 1.32 bits per heavy atom. The van der Waals surface area contributed by atoms with Crippen molar-refractivity contribution in [1.29, 1.82) is 0 Å². The van der Waals surface area contributed by atoms with Gasteiger partial charge in [-0.15, -0.1) is 0 Å². The van der Waals surface area contributed by atoms with Gasteiger partial charge in [0.25, 0.3) is 5.91 Å². The predicted octanol–water partition coefficient (Wildman–Crippen LogP) is 2.54. The van der Waals surface area contributed by atoms with E-state index in [4.69, 9.17) is 11.6 Å². The number of aryl methyl sites for hydroxylation is 3. The van der Waals surface area contributed by atoms with Crippen molar-refractivity contribution >= 4 is 23.5 Å². The molecule has 22 heavy (non-hydrogen) atoms. The number of aromatic nitrogens is 2. The van der Waals surface area contributed by atoms with Gasteiger partial charge in [0.15, 0.2) is 6.04 Å². The third kappa shape index (κ3) is 3.12. The predicted molar refractivity (Wildman–Crippen MR) is 82.1 cm³/mol. The Morgan fingerprint density at radius 3 is 2.55 bits per heavy atom. The molecule has 3 N–H and O–H groups in total. The number of carbonyl (C=O) groups is 2. The number of halogens is 1. The summed E-state index contributed by atoms with van der Waals surface area (Å²) in [7, 11) is 0. The first-order valence-electron chi connectivity index (χ1n) is 6.62. The molecule has 116 valence electrons. The van der Waals surface area contributed by atoms with Crippen molar-refractivity contribution in [2.75, 3.05) is 0 Å². The molecule has 0 aliphatic carbocycles. The molecule has 0 aliphatic rings. The molecule has 1 aromatic carbocycles. The number of nitrogens with zero attached hydrogens (tertiary/aromatic N) is 1. The summed E-state index contributed by atoms with van der Waals surface area (Å²) >= 11 is 6.01. The van der Waals surface area contributed by atoms with Crippen LogP contribution in [0.5, 0.6) is 0 Å². The van der Waals surface area contributed by atoms with Crippen LogP contribution in [0.2, 0.25) is 5.02 Å². The molecule has 0 spiro atoms. The number of benzene rings is 1. The van der Waals surface area contributed by atoms with Gasteiger partial charge < -0.3 is 10.4 Å². The van der Waals surface area contributed by atoms with Crippen LogP contribution in [0.25, 0.3) is 0 Å². The molecule has 0 saturated carbocycles. The van der Waals surface area contributed by atoms with Gasteiger partial charge >= 0.3 is 5.97 Å². The topological polar surface area (TPSA) is 95.1 Å². The van der Waals surface area contributed by atoms with E-state index in [1.54, 1.807) is 32.0 Å². The van der Waals surface area contributed by atoms with Crippen molar-refractivity contribution < 1.29 is 14.7 Å². The summed E-state index contributed by atoms with van der Waals surface area (Å²) in [6.07, 6.45) is 0. The van der Waals surface area contributed by atoms with E-state index in [9.17, 15) is 14.7 Å². The standard InChI is InChI=1S/C15H16ClN3O3/c1-7-4-5-11(16)10(6-7)14(20)17-13(15(21)22)12-8(2)18-19-9(12)3/h4-6,13H,1-3H3,(H,17,20)(H,18,19)(H,21,22)/t13-/m1/s1. The monoisotopic (exact) mass is 321 g/mol. The maximum Gasteiger partial charge on any atom is 0.331 e. The second-order valence-electron chi connectivity index (χ2n) is 5.08. The summed E-state index contributed by atoms with van der Waals surface area (Å²) in [5, 5.41) is 18.9. The fraction of sp³-hybridized carbons (Fsp3) is 0.267. The largest absolute Gasteiger partial charge is 0.479 e. The van der Waals surface area contributed by atoms with E-state index in [0.717, 1.165) is 5.56 Å². The molecule has 1 aromatic heterocycles. The Morgan fingerprint density at radius 2 is 2.00 bits per heavy atom. The minimum absolute atomic E-state index is 0.242. The highest BCUT2D eigenvalue weighted by molar-refractivity contribution is 6.33. The molecular weight excluding hydrogens is 306 g/mol. The lowest BCUT2D eigenvalue weighted by molar-refractivity contribution is -0.139. The van der Waals surface area contributed by atoms with Gasteiger partial charge in [0, 0.05) is 11.3 Å². The normalized spacial score (nSPS) is 12.0. The van der Waals surface area contributed by atoms with Gasteiger partial charge in [-0.2, -0.15) is 5.10 Å². The van der Waals surface area contributed by atoms with E-state index >= 15 is 0 Å². The van der Waals surface area contributed by atoms with E-state index in [1.165, 1.54) is 0 Å². The highest BCUT2D eigenvalue weighted by Crippen LogP contribution is 2.22. The minimum atomic E-state index is -1.19. The first kappa shape index (κ1) is 16.0. The molecule has 7 heteroatoms. The van der Waals surface area contributed by atoms with Crippen molar-refractivity contribution in [2.24, 2.45) is 0 Å². The lowest BCUT2D eigenvalue weighted by atomic mass is 10.0. The van der Waals surface area contributed by atoms with Gasteiger partial charge in [-0.3, -0.25) is 9.89 Å². The number of rotatable bonds is 4. The Labute approximate surface area is 132 Å². The van der Waals surface area contributed by atoms with Gasteiger partial charge in [0.05, 0.1) is 16.3 Å². The number of carboxylic acid groups (broad SMARTS) is 1. The number of carboxylic acids is 1. The molecule has 2 aromatic rings. The van der Waals surface area contributed by atoms with E-state index < -0.39 is 17.9 Å². The molecule has 1 heterocycles. The van der Waals surface area contributed by atoms with E-state index in [1.807, 2.05) is 6.92 Å². The summed E-state index contributed by atoms with van der Waals surface area (Å²) < 4.78 is 0. The van der Waals surface area contributed by atoms with Crippen LogP contribution >= 0.6 is 11.6 Å².